The van der Waals surface area contributed by atoms with Gasteiger partial charge in [-0.25, -0.2) is 4.52 Å². The molecule has 0 saturated heterocycles. The molecule has 11 rings (SSSR count). The maximum Gasteiger partial charge on any atom is 0.195 e. The van der Waals surface area contributed by atoms with Gasteiger partial charge < -0.3 is 4.98 Å². The lowest BCUT2D eigenvalue weighted by molar-refractivity contribution is 0.0990. The molecular weight excluding hydrogens is 671 g/mol. The van der Waals surface area contributed by atoms with E-state index in [1.807, 2.05) is 66.1 Å². The van der Waals surface area contributed by atoms with Crippen molar-refractivity contribution in [2.24, 2.45) is 0 Å². The molecule has 0 saturated carbocycles. The Morgan fingerprint density at radius 2 is 1.33 bits per heavy atom. The van der Waals surface area contributed by atoms with Gasteiger partial charge in [-0.2, -0.15) is 5.10 Å². The van der Waals surface area contributed by atoms with Gasteiger partial charge in [-0.05, 0) is 60.3 Å². The molecule has 0 aliphatic heterocycles. The summed E-state index contributed by atoms with van der Waals surface area (Å²) in [6.45, 7) is 7.32. The number of nitrogens with zero attached hydrogens (tertiary/aromatic N) is 2. The lowest BCUT2D eigenvalue weighted by Crippen LogP contribution is -2.08. The number of Topliss-reactive ketones (excluding diaryl/α,β-unsaturated/α-hetero) is 1. The predicted octanol–water partition coefficient (Wildman–Crippen LogP) is 10.0. The van der Waals surface area contributed by atoms with E-state index in [0.717, 1.165) is 81.6 Å². The first-order valence-corrected chi connectivity index (χ1v) is 17.8. The molecule has 0 amide bonds. The van der Waals surface area contributed by atoms with Crippen molar-refractivity contribution in [2.75, 3.05) is 0 Å². The molecule has 0 aliphatic carbocycles. The molecule has 0 fully saturated rings. The van der Waals surface area contributed by atoms with E-state index in [4.69, 9.17) is 5.10 Å². The van der Waals surface area contributed by atoms with Crippen LogP contribution >= 0.6 is 0 Å². The molecule has 54 heavy (non-hydrogen) atoms. The molecule has 0 bridgehead atoms. The zero-order valence-electron chi connectivity index (χ0n) is 29.1. The Morgan fingerprint density at radius 1 is 0.667 bits per heavy atom. The molecular formula is C47H27N3O4. The summed E-state index contributed by atoms with van der Waals surface area (Å²) in [6, 6.07) is 28.3. The van der Waals surface area contributed by atoms with Crippen LogP contribution in [-0.4, -0.2) is 26.2 Å². The number of fused-ring (bicyclic) bond motifs is 8. The van der Waals surface area contributed by atoms with Crippen LogP contribution in [0, 0.1) is 0 Å². The molecule has 7 heteroatoms. The fourth-order valence-corrected chi connectivity index (χ4v) is 9.12. The summed E-state index contributed by atoms with van der Waals surface area (Å²) in [5.74, 6) is -0.410. The monoisotopic (exact) mass is 697 g/mol. The number of carbonyl (C=O) groups is 2. The third-order valence-corrected chi connectivity index (χ3v) is 11.4. The van der Waals surface area contributed by atoms with Gasteiger partial charge in [0.25, 0.3) is 0 Å². The van der Waals surface area contributed by atoms with Crippen LogP contribution in [0.25, 0.3) is 104 Å². The summed E-state index contributed by atoms with van der Waals surface area (Å²) in [5.41, 5.74) is 6.31. The molecule has 1 N–H and O–H groups in total. The Morgan fingerprint density at radius 3 is 2.11 bits per heavy atom. The highest BCUT2D eigenvalue weighted by molar-refractivity contribution is 6.36. The van der Waals surface area contributed by atoms with Gasteiger partial charge in [-0.3, -0.25) is 19.2 Å². The van der Waals surface area contributed by atoms with Crippen molar-refractivity contribution in [3.05, 3.63) is 152 Å². The summed E-state index contributed by atoms with van der Waals surface area (Å²) in [7, 11) is 0. The average Bonchev–Trinajstić information content (AvgIpc) is 3.78. The predicted molar refractivity (Wildman–Crippen MR) is 220 cm³/mol. The molecule has 8 aromatic carbocycles. The van der Waals surface area contributed by atoms with Crippen molar-refractivity contribution in [1.82, 2.24) is 14.6 Å². The number of hydrogen-bond donors (Lipinski definition) is 1. The summed E-state index contributed by atoms with van der Waals surface area (Å²) in [6.07, 6.45) is 5.44. The van der Waals surface area contributed by atoms with E-state index in [9.17, 15) is 19.2 Å². The van der Waals surface area contributed by atoms with E-state index in [1.54, 1.807) is 42.5 Å². The van der Waals surface area contributed by atoms with Crippen LogP contribution in [0.3, 0.4) is 0 Å². The fourth-order valence-electron chi connectivity index (χ4n) is 9.12. The number of rotatable bonds is 5. The molecule has 11 aromatic rings. The van der Waals surface area contributed by atoms with Crippen molar-refractivity contribution in [2.45, 2.75) is 13.8 Å². The SMILES string of the molecule is C=Cc1c(/C=C\C)c2nn3c4ccc5c6ccc7[nH]c8cc(C(=O)c9ccccc9C(C)=O)ccc8c7c6c(=O)c6ccc(c7ccc(c1=O)c2c73)c4c65. The van der Waals surface area contributed by atoms with Crippen LogP contribution in [0.5, 0.6) is 0 Å². The van der Waals surface area contributed by atoms with Crippen LogP contribution in [0.4, 0.5) is 0 Å². The van der Waals surface area contributed by atoms with Crippen LogP contribution < -0.4 is 10.9 Å². The second-order valence-electron chi connectivity index (χ2n) is 14.1. The van der Waals surface area contributed by atoms with Gasteiger partial charge >= 0.3 is 0 Å². The van der Waals surface area contributed by atoms with Gasteiger partial charge in [0, 0.05) is 87.3 Å². The second-order valence-corrected chi connectivity index (χ2v) is 14.1. The number of hydrogen-bond acceptors (Lipinski definition) is 5. The molecule has 3 heterocycles. The second kappa shape index (κ2) is 10.4. The number of ketones is 2. The lowest BCUT2D eigenvalue weighted by atomic mass is 9.89. The van der Waals surface area contributed by atoms with Crippen molar-refractivity contribution >= 4 is 116 Å². The number of allylic oxidation sites excluding steroid dienone is 1. The first kappa shape index (κ1) is 30.4. The van der Waals surface area contributed by atoms with Crippen molar-refractivity contribution in [1.29, 1.82) is 0 Å². The molecule has 0 aliphatic rings. The smallest absolute Gasteiger partial charge is 0.195 e. The molecule has 0 radical (unpaired) electrons. The first-order chi connectivity index (χ1) is 26.3. The number of carbonyl (C=O) groups excluding carboxylic acids is 2. The number of nitrogens with one attached hydrogen (secondary N) is 1. The van der Waals surface area contributed by atoms with E-state index < -0.39 is 0 Å². The first-order valence-electron chi connectivity index (χ1n) is 17.8. The van der Waals surface area contributed by atoms with Crippen molar-refractivity contribution < 1.29 is 9.59 Å². The van der Waals surface area contributed by atoms with Gasteiger partial charge in [0.1, 0.15) is 5.52 Å². The highest BCUT2D eigenvalue weighted by Crippen LogP contribution is 2.44. The lowest BCUT2D eigenvalue weighted by Gasteiger charge is -2.16. The van der Waals surface area contributed by atoms with E-state index in [2.05, 4.69) is 23.7 Å². The fraction of sp³-hybridized carbons (Fsp3) is 0.0426. The van der Waals surface area contributed by atoms with Gasteiger partial charge in [0.05, 0.1) is 11.0 Å². The minimum Gasteiger partial charge on any atom is -0.354 e. The number of aromatic amines is 1. The third kappa shape index (κ3) is 3.62. The Balaban J connectivity index is 1.21. The maximum absolute atomic E-state index is 14.8. The number of benzene rings is 8. The average molecular weight is 698 g/mol. The van der Waals surface area contributed by atoms with Crippen LogP contribution in [0.15, 0.2) is 113 Å². The number of pyridine rings is 1. The summed E-state index contributed by atoms with van der Waals surface area (Å²) < 4.78 is 1.94. The van der Waals surface area contributed by atoms with Crippen molar-refractivity contribution in [3.63, 3.8) is 0 Å². The molecule has 254 valence electrons. The minimum atomic E-state index is -0.240. The summed E-state index contributed by atoms with van der Waals surface area (Å²) >= 11 is 0. The molecule has 0 atom stereocenters. The summed E-state index contributed by atoms with van der Waals surface area (Å²) in [4.78, 5) is 57.9. The largest absolute Gasteiger partial charge is 0.354 e. The molecule has 7 nitrogen and oxygen atoms in total. The Kier molecular flexibility index (Phi) is 5.87. The quantitative estimate of drug-likeness (QED) is 0.110. The Hall–Kier alpha value is -7.25. The third-order valence-electron chi connectivity index (χ3n) is 11.4. The Bertz CT molecular complexity index is 3680. The van der Waals surface area contributed by atoms with Gasteiger partial charge in [0.2, 0.25) is 0 Å². The molecule has 0 spiro atoms. The number of H-pyrrole nitrogens is 1. The van der Waals surface area contributed by atoms with E-state index in [0.29, 0.717) is 38.4 Å². The zero-order chi connectivity index (χ0) is 36.7. The normalized spacial score (nSPS) is 12.6. The van der Waals surface area contributed by atoms with E-state index >= 15 is 0 Å². The standard InChI is InChI=1S/C47H27N3O4/c1-4-8-29-24(5-2)46(53)34-16-14-30-28-13-15-33-38-26(18-20-37(40(28)38)50-44(30)42(34)43(29)49-50)27-17-19-35-39(41(27)47(33)54)32-12-11-23(21-36(32)48-35)45(52)31-10-7-6-9-25(31)22(3)51/h4-21,48H,2H2,1,3H3/b8-4-. The Labute approximate surface area is 305 Å². The highest BCUT2D eigenvalue weighted by atomic mass is 16.1. The van der Waals surface area contributed by atoms with Crippen molar-refractivity contribution in [3.8, 4) is 0 Å². The van der Waals surface area contributed by atoms with Crippen LogP contribution in [-0.2, 0) is 0 Å². The highest BCUT2D eigenvalue weighted by Gasteiger charge is 2.26. The van der Waals surface area contributed by atoms with E-state index in [-0.39, 0.29) is 22.4 Å². The van der Waals surface area contributed by atoms with Crippen LogP contribution in [0.1, 0.15) is 51.3 Å². The minimum absolute atomic E-state index is 0.0697. The van der Waals surface area contributed by atoms with Crippen LogP contribution in [0.2, 0.25) is 0 Å². The van der Waals surface area contributed by atoms with Gasteiger partial charge in [-0.1, -0.05) is 85.5 Å². The molecule has 3 aromatic heterocycles. The number of aromatic nitrogens is 3. The van der Waals surface area contributed by atoms with Gasteiger partial charge in [-0.15, -0.1) is 0 Å². The van der Waals surface area contributed by atoms with Gasteiger partial charge in [0.15, 0.2) is 22.4 Å². The molecule has 0 unspecified atom stereocenters. The maximum atomic E-state index is 14.8. The topological polar surface area (TPSA) is 101 Å². The van der Waals surface area contributed by atoms with E-state index in [1.165, 1.54) is 6.92 Å². The zero-order valence-corrected chi connectivity index (χ0v) is 29.1. The summed E-state index contributed by atoms with van der Waals surface area (Å²) in [5, 5.41) is 15.0.